The van der Waals surface area contributed by atoms with Crippen LogP contribution in [0.1, 0.15) is 30.9 Å². The molecule has 0 spiro atoms. The summed E-state index contributed by atoms with van der Waals surface area (Å²) in [5.74, 6) is 2.02. The zero-order valence-electron chi connectivity index (χ0n) is 16.7. The number of amides is 1. The minimum atomic E-state index is -0.0935. The predicted molar refractivity (Wildman–Crippen MR) is 112 cm³/mol. The van der Waals surface area contributed by atoms with Crippen LogP contribution in [-0.4, -0.2) is 49.2 Å². The molecule has 9 heteroatoms. The number of piperidine rings is 1. The summed E-state index contributed by atoms with van der Waals surface area (Å²) < 4.78 is 5.11. The molecule has 2 aliphatic rings. The lowest BCUT2D eigenvalue weighted by Crippen LogP contribution is -2.34. The van der Waals surface area contributed by atoms with Crippen LogP contribution in [0.5, 0.6) is 0 Å². The lowest BCUT2D eigenvalue weighted by atomic mass is 9.97. The maximum absolute atomic E-state index is 12.6. The fourth-order valence-electron chi connectivity index (χ4n) is 4.22. The van der Waals surface area contributed by atoms with Gasteiger partial charge in [-0.05, 0) is 18.8 Å². The van der Waals surface area contributed by atoms with E-state index in [1.165, 1.54) is 0 Å². The zero-order valence-corrected chi connectivity index (χ0v) is 16.7. The van der Waals surface area contributed by atoms with Crippen LogP contribution in [0.4, 0.5) is 23.3 Å². The highest BCUT2D eigenvalue weighted by atomic mass is 16.5. The summed E-state index contributed by atoms with van der Waals surface area (Å²) in [4.78, 5) is 25.3. The largest absolute Gasteiger partial charge is 0.383 e. The van der Waals surface area contributed by atoms with E-state index in [4.69, 9.17) is 16.2 Å². The molecule has 0 unspecified atom stereocenters. The number of nitrogens with zero attached hydrogens (tertiary/aromatic N) is 5. The lowest BCUT2D eigenvalue weighted by molar-refractivity contribution is -0.117. The van der Waals surface area contributed by atoms with Gasteiger partial charge in [0.25, 0.3) is 0 Å². The van der Waals surface area contributed by atoms with Gasteiger partial charge < -0.3 is 21.1 Å². The van der Waals surface area contributed by atoms with Crippen molar-refractivity contribution in [1.29, 1.82) is 5.26 Å². The second-order valence-corrected chi connectivity index (χ2v) is 7.74. The van der Waals surface area contributed by atoms with Crippen molar-refractivity contribution in [3.63, 3.8) is 0 Å². The molecule has 1 fully saturated rings. The molecule has 1 saturated heterocycles. The van der Waals surface area contributed by atoms with E-state index in [1.807, 2.05) is 0 Å². The number of pyridine rings is 2. The molecule has 29 heavy (non-hydrogen) atoms. The van der Waals surface area contributed by atoms with Crippen molar-refractivity contribution in [2.24, 2.45) is 5.92 Å². The lowest BCUT2D eigenvalue weighted by Gasteiger charge is -2.32. The van der Waals surface area contributed by atoms with Gasteiger partial charge in [-0.2, -0.15) is 5.26 Å². The van der Waals surface area contributed by atoms with Crippen LogP contribution in [0.2, 0.25) is 0 Å². The molecule has 0 bridgehead atoms. The van der Waals surface area contributed by atoms with Crippen LogP contribution in [0.15, 0.2) is 0 Å². The third-order valence-electron chi connectivity index (χ3n) is 5.86. The second kappa shape index (κ2) is 7.37. The van der Waals surface area contributed by atoms with Gasteiger partial charge >= 0.3 is 0 Å². The molecule has 2 aromatic rings. The number of ether oxygens (including phenoxy) is 1. The fraction of sp³-hybridized carbons (Fsp3) is 0.500. The first kappa shape index (κ1) is 19.2. The van der Waals surface area contributed by atoms with Crippen molar-refractivity contribution >= 4 is 40.0 Å². The molecule has 0 atom stereocenters. The Morgan fingerprint density at radius 2 is 1.83 bits per heavy atom. The Hall–Kier alpha value is -3.12. The number of carbonyl (C=O) groups excluding carboxylic acids is 1. The monoisotopic (exact) mass is 395 g/mol. The Bertz CT molecular complexity index is 1020. The van der Waals surface area contributed by atoms with Gasteiger partial charge in [-0.1, -0.05) is 6.92 Å². The van der Waals surface area contributed by atoms with Gasteiger partial charge in [0.15, 0.2) is 0 Å². The summed E-state index contributed by atoms with van der Waals surface area (Å²) in [6.07, 6.45) is 2.21. The Morgan fingerprint density at radius 1 is 1.17 bits per heavy atom. The van der Waals surface area contributed by atoms with Crippen LogP contribution in [0, 0.1) is 17.2 Å². The van der Waals surface area contributed by atoms with Crippen LogP contribution >= 0.6 is 0 Å². The number of methoxy groups -OCH3 is 1. The first-order valence-corrected chi connectivity index (χ1v) is 9.82. The summed E-state index contributed by atoms with van der Waals surface area (Å²) in [5.41, 5.74) is 13.6. The molecular formula is C20H25N7O2. The molecule has 2 aliphatic heterocycles. The van der Waals surface area contributed by atoms with Crippen molar-refractivity contribution in [3.8, 4) is 6.07 Å². The van der Waals surface area contributed by atoms with Crippen LogP contribution in [-0.2, 0) is 16.0 Å². The van der Waals surface area contributed by atoms with E-state index in [0.29, 0.717) is 52.6 Å². The summed E-state index contributed by atoms with van der Waals surface area (Å²) in [5, 5.41) is 11.1. The number of anilines is 4. The van der Waals surface area contributed by atoms with Crippen molar-refractivity contribution < 1.29 is 9.53 Å². The SMILES string of the molecule is COCCN1C(=O)Cc2c1nc(N)c1c(N)nc(N3CCC(C)CC3)c(C#N)c21. The first-order chi connectivity index (χ1) is 14.0. The molecule has 4 rings (SSSR count). The van der Waals surface area contributed by atoms with E-state index in [0.717, 1.165) is 25.9 Å². The minimum Gasteiger partial charge on any atom is -0.383 e. The fourth-order valence-corrected chi connectivity index (χ4v) is 4.22. The molecule has 0 saturated carbocycles. The molecule has 0 aromatic carbocycles. The number of rotatable bonds is 4. The van der Waals surface area contributed by atoms with E-state index in [1.54, 1.807) is 12.0 Å². The smallest absolute Gasteiger partial charge is 0.232 e. The Kier molecular flexibility index (Phi) is 4.88. The number of nitrogens with two attached hydrogens (primary N) is 2. The van der Waals surface area contributed by atoms with Crippen molar-refractivity contribution in [1.82, 2.24) is 9.97 Å². The second-order valence-electron chi connectivity index (χ2n) is 7.74. The Labute approximate surface area is 169 Å². The van der Waals surface area contributed by atoms with Gasteiger partial charge in [-0.15, -0.1) is 0 Å². The average Bonchev–Trinajstić information content (AvgIpc) is 3.01. The number of nitriles is 1. The van der Waals surface area contributed by atoms with E-state index >= 15 is 0 Å². The molecule has 1 amide bonds. The van der Waals surface area contributed by atoms with E-state index in [2.05, 4.69) is 27.9 Å². The summed E-state index contributed by atoms with van der Waals surface area (Å²) >= 11 is 0. The Morgan fingerprint density at radius 3 is 2.45 bits per heavy atom. The summed E-state index contributed by atoms with van der Waals surface area (Å²) in [6, 6.07) is 2.31. The molecule has 4 N–H and O–H groups in total. The van der Waals surface area contributed by atoms with Gasteiger partial charge in [-0.25, -0.2) is 9.97 Å². The van der Waals surface area contributed by atoms with E-state index in [-0.39, 0.29) is 24.0 Å². The van der Waals surface area contributed by atoms with Crippen molar-refractivity contribution in [3.05, 3.63) is 11.1 Å². The third kappa shape index (κ3) is 3.09. The number of nitrogen functional groups attached to an aromatic ring is 2. The predicted octanol–water partition coefficient (Wildman–Crippen LogP) is 1.44. The maximum atomic E-state index is 12.6. The quantitative estimate of drug-likeness (QED) is 0.794. The van der Waals surface area contributed by atoms with E-state index < -0.39 is 0 Å². The highest BCUT2D eigenvalue weighted by Crippen LogP contribution is 2.42. The highest BCUT2D eigenvalue weighted by molar-refractivity contribution is 6.13. The highest BCUT2D eigenvalue weighted by Gasteiger charge is 2.34. The molecule has 4 heterocycles. The van der Waals surface area contributed by atoms with Gasteiger partial charge in [0, 0.05) is 31.1 Å². The van der Waals surface area contributed by atoms with Gasteiger partial charge in [0.1, 0.15) is 34.9 Å². The zero-order chi connectivity index (χ0) is 20.7. The van der Waals surface area contributed by atoms with Gasteiger partial charge in [0.2, 0.25) is 5.91 Å². The normalized spacial score (nSPS) is 17.1. The van der Waals surface area contributed by atoms with Gasteiger partial charge in [-0.3, -0.25) is 9.69 Å². The molecule has 152 valence electrons. The molecule has 0 aliphatic carbocycles. The third-order valence-corrected chi connectivity index (χ3v) is 5.86. The number of carbonyl (C=O) groups is 1. The van der Waals surface area contributed by atoms with Crippen molar-refractivity contribution in [2.75, 3.05) is 54.6 Å². The summed E-state index contributed by atoms with van der Waals surface area (Å²) in [7, 11) is 1.58. The topological polar surface area (TPSA) is 134 Å². The standard InChI is InChI=1S/C20H25N7O2/c1-11-3-5-26(6-4-11)19-13(10-21)15-12-9-14(28)27(7-8-29-2)20(12)25-18(23)16(15)17(22)24-19/h11H,3-9H2,1-2H3,(H2,22,24)(H2,23,25). The van der Waals surface area contributed by atoms with Crippen LogP contribution in [0.25, 0.3) is 10.8 Å². The minimum absolute atomic E-state index is 0.0935. The van der Waals surface area contributed by atoms with Crippen LogP contribution < -0.4 is 21.3 Å². The van der Waals surface area contributed by atoms with Crippen LogP contribution in [0.3, 0.4) is 0 Å². The molecular weight excluding hydrogens is 370 g/mol. The molecule has 0 radical (unpaired) electrons. The van der Waals surface area contributed by atoms with Crippen molar-refractivity contribution in [2.45, 2.75) is 26.2 Å². The van der Waals surface area contributed by atoms with E-state index in [9.17, 15) is 10.1 Å². The molecule has 2 aromatic heterocycles. The number of hydrogen-bond acceptors (Lipinski definition) is 8. The number of aromatic nitrogens is 2. The van der Waals surface area contributed by atoms with Gasteiger partial charge in [0.05, 0.1) is 25.0 Å². The first-order valence-electron chi connectivity index (χ1n) is 9.82. The maximum Gasteiger partial charge on any atom is 0.232 e. The number of fused-ring (bicyclic) bond motifs is 3. The number of hydrogen-bond donors (Lipinski definition) is 2. The average molecular weight is 395 g/mol. The summed E-state index contributed by atoms with van der Waals surface area (Å²) in [6.45, 7) is 4.61. The molecule has 9 nitrogen and oxygen atoms in total. The Balaban J connectivity index is 1.93.